The van der Waals surface area contributed by atoms with E-state index in [4.69, 9.17) is 37.9 Å². The van der Waals surface area contributed by atoms with Crippen molar-refractivity contribution in [3.05, 3.63) is 28.6 Å². The van der Waals surface area contributed by atoms with Gasteiger partial charge < -0.3 is 74.1 Å². The van der Waals surface area contributed by atoms with Crippen molar-refractivity contribution in [3.63, 3.8) is 0 Å². The fourth-order valence-electron chi connectivity index (χ4n) is 10.1. The van der Waals surface area contributed by atoms with Crippen LogP contribution < -0.4 is 16.0 Å². The predicted octanol–water partition coefficient (Wildman–Crippen LogP) is 2.69. The van der Waals surface area contributed by atoms with Crippen LogP contribution in [0.25, 0.3) is 0 Å². The zero-order valence-electron chi connectivity index (χ0n) is 43.5. The van der Waals surface area contributed by atoms with Gasteiger partial charge in [-0.3, -0.25) is 29.5 Å². The Labute approximate surface area is 412 Å². The molecule has 0 unspecified atom stereocenters. The van der Waals surface area contributed by atoms with Crippen LogP contribution in [-0.4, -0.2) is 186 Å². The molecule has 400 valence electrons. The number of carbonyl (C=O) groups excluding carboxylic acids is 3. The minimum atomic E-state index is -2.05. The highest BCUT2D eigenvalue weighted by Crippen LogP contribution is 2.41. The van der Waals surface area contributed by atoms with Gasteiger partial charge in [0.05, 0.1) is 71.2 Å². The number of cyclic esters (lactones) is 1. The highest BCUT2D eigenvalue weighted by atomic mass is 16.7. The van der Waals surface area contributed by atoms with Gasteiger partial charge in [-0.25, -0.2) is 0 Å². The molecule has 0 spiro atoms. The average molecular weight is 999 g/mol. The lowest BCUT2D eigenvalue weighted by molar-refractivity contribution is -0.385. The molecule has 1 aromatic rings. The molecule has 0 aliphatic carbocycles. The number of esters is 2. The number of aromatic nitrogens is 1. The van der Waals surface area contributed by atoms with Crippen molar-refractivity contribution in [2.24, 2.45) is 17.8 Å². The smallest absolute Gasteiger partial charge is 0.311 e. The van der Waals surface area contributed by atoms with Crippen LogP contribution in [0.1, 0.15) is 101 Å². The van der Waals surface area contributed by atoms with E-state index >= 15 is 0 Å². The Morgan fingerprint density at radius 3 is 2.23 bits per heavy atom. The molecule has 3 saturated heterocycles. The lowest BCUT2D eigenvalue weighted by Gasteiger charge is -2.50. The number of ether oxygens (including phenoxy) is 8. The molecule has 4 rings (SSSR count). The Bertz CT molecular complexity index is 1880. The molecule has 1 aromatic heterocycles. The van der Waals surface area contributed by atoms with Crippen LogP contribution in [0.15, 0.2) is 18.5 Å². The number of hydrogen-bond acceptors (Lipinski definition) is 20. The summed E-state index contributed by atoms with van der Waals surface area (Å²) < 4.78 is 51.1. The molecule has 0 radical (unpaired) electrons. The van der Waals surface area contributed by atoms with Gasteiger partial charge in [-0.2, -0.15) is 0 Å². The van der Waals surface area contributed by atoms with E-state index in [1.165, 1.54) is 40.3 Å². The zero-order chi connectivity index (χ0) is 52.5. The average Bonchev–Trinajstić information content (AvgIpc) is 3.30. The molecule has 0 bridgehead atoms. The Hall–Kier alpha value is -3.68. The molecule has 3 aliphatic heterocycles. The van der Waals surface area contributed by atoms with Crippen LogP contribution in [0.2, 0.25) is 0 Å². The first-order valence-corrected chi connectivity index (χ1v) is 24.4. The van der Waals surface area contributed by atoms with Gasteiger partial charge in [0.15, 0.2) is 18.7 Å². The van der Waals surface area contributed by atoms with Crippen molar-refractivity contribution in [3.8, 4) is 0 Å². The molecule has 3 aliphatic rings. The maximum Gasteiger partial charge on any atom is 0.311 e. The Kier molecular flexibility index (Phi) is 21.3. The quantitative estimate of drug-likeness (QED) is 0.0566. The van der Waals surface area contributed by atoms with Gasteiger partial charge in [0.2, 0.25) is 5.91 Å². The molecule has 0 aromatic carbocycles. The van der Waals surface area contributed by atoms with Crippen LogP contribution in [0.4, 0.5) is 11.4 Å². The standard InChI is InChI=1S/C48H82N6O16/c1-15-35-48(10,60)40(57)30(6)43(58)52-26(2)22-46(8,63-13)41(70-45-38(56)34(53(11)12)20-27(3)65-45)28(4)39(29(5)44(59)67-35)69-37-23-47(9,64-14)42(31(7)66-37)68-36(55)16-17-49-18-19-51-32-21-33(54(61)62)25-50-24-32/h21,24-31,34-35,37-42,45,49,51,56-57,60H,15-20,22-23H2,1-14H3,(H,52,58)/t26-,27-,28+,29-,30-,31+,34+,35-,37+,38-,39+,40-,41-,42+,45+,46-,47-,48-/m1/s1. The van der Waals surface area contributed by atoms with E-state index in [-0.39, 0.29) is 50.1 Å². The van der Waals surface area contributed by atoms with Crippen molar-refractivity contribution >= 4 is 29.2 Å². The number of hydrogen-bond donors (Lipinski definition) is 6. The third-order valence-electron chi connectivity index (χ3n) is 14.4. The zero-order valence-corrected chi connectivity index (χ0v) is 43.5. The minimum Gasteiger partial charge on any atom is -0.459 e. The van der Waals surface area contributed by atoms with Crippen molar-refractivity contribution < 1.29 is 72.5 Å². The highest BCUT2D eigenvalue weighted by molar-refractivity contribution is 5.79. The summed E-state index contributed by atoms with van der Waals surface area (Å²) in [5, 5.41) is 55.3. The van der Waals surface area contributed by atoms with E-state index in [1.54, 1.807) is 41.5 Å². The van der Waals surface area contributed by atoms with E-state index in [9.17, 15) is 39.8 Å². The van der Waals surface area contributed by atoms with Crippen molar-refractivity contribution in [2.45, 2.75) is 192 Å². The number of pyridine rings is 1. The first kappa shape index (κ1) is 58.9. The van der Waals surface area contributed by atoms with E-state index in [0.29, 0.717) is 25.2 Å². The number of nitrogens with zero attached hydrogens (tertiary/aromatic N) is 3. The molecule has 1 amide bonds. The number of nitro groups is 1. The number of nitrogens with one attached hydrogen (secondary N) is 3. The maximum atomic E-state index is 14.5. The largest absolute Gasteiger partial charge is 0.459 e. The number of methoxy groups -OCH3 is 2. The molecule has 22 heteroatoms. The maximum absolute atomic E-state index is 14.5. The van der Waals surface area contributed by atoms with Gasteiger partial charge in [0, 0.05) is 64.3 Å². The van der Waals surface area contributed by atoms with Crippen LogP contribution in [0, 0.1) is 27.9 Å². The van der Waals surface area contributed by atoms with Gasteiger partial charge in [0.1, 0.15) is 29.6 Å². The molecule has 4 heterocycles. The van der Waals surface area contributed by atoms with E-state index in [0.717, 1.165) is 6.20 Å². The molecule has 70 heavy (non-hydrogen) atoms. The second-order valence-electron chi connectivity index (χ2n) is 20.3. The van der Waals surface area contributed by atoms with Gasteiger partial charge in [-0.15, -0.1) is 0 Å². The second kappa shape index (κ2) is 25.3. The van der Waals surface area contributed by atoms with Crippen LogP contribution in [0.3, 0.4) is 0 Å². The number of amides is 1. The molecule has 0 saturated carbocycles. The summed E-state index contributed by atoms with van der Waals surface area (Å²) in [5.41, 5.74) is -4.13. The highest BCUT2D eigenvalue weighted by Gasteiger charge is 2.54. The van der Waals surface area contributed by atoms with Gasteiger partial charge in [0.25, 0.3) is 5.69 Å². The molecule has 6 N–H and O–H groups in total. The summed E-state index contributed by atoms with van der Waals surface area (Å²) in [6, 6.07) is 0.460. The Morgan fingerprint density at radius 2 is 1.61 bits per heavy atom. The summed E-state index contributed by atoms with van der Waals surface area (Å²) in [7, 11) is 6.72. The summed E-state index contributed by atoms with van der Waals surface area (Å²) >= 11 is 0. The van der Waals surface area contributed by atoms with E-state index < -0.39 is 119 Å². The number of aliphatic hydroxyl groups excluding tert-OH is 2. The van der Waals surface area contributed by atoms with E-state index in [2.05, 4.69) is 20.9 Å². The number of carbonyl (C=O) groups is 3. The summed E-state index contributed by atoms with van der Waals surface area (Å²) in [5.74, 6) is -4.87. The summed E-state index contributed by atoms with van der Waals surface area (Å²) in [6.45, 7) is 18.1. The summed E-state index contributed by atoms with van der Waals surface area (Å²) in [4.78, 5) is 57.9. The number of aliphatic hydroxyl groups is 3. The molecular weight excluding hydrogens is 917 g/mol. The van der Waals surface area contributed by atoms with Gasteiger partial charge in [-0.05, 0) is 81.8 Å². The minimum absolute atomic E-state index is 0.0114. The Balaban J connectivity index is 1.64. The topological polar surface area (TPSA) is 281 Å². The van der Waals surface area contributed by atoms with Crippen molar-refractivity contribution in [1.82, 2.24) is 20.5 Å². The fraction of sp³-hybridized carbons (Fsp3) is 0.833. The summed E-state index contributed by atoms with van der Waals surface area (Å²) in [6.07, 6.45) is -6.88. The van der Waals surface area contributed by atoms with Crippen molar-refractivity contribution in [2.75, 3.05) is 53.3 Å². The van der Waals surface area contributed by atoms with Gasteiger partial charge >= 0.3 is 11.9 Å². The van der Waals surface area contributed by atoms with Crippen molar-refractivity contribution in [1.29, 1.82) is 0 Å². The van der Waals surface area contributed by atoms with Gasteiger partial charge in [-0.1, -0.05) is 20.8 Å². The first-order valence-electron chi connectivity index (χ1n) is 24.4. The molecule has 18 atom stereocenters. The molecule has 3 fully saturated rings. The molecular formula is C48H82N6O16. The normalized spacial score (nSPS) is 39.3. The van der Waals surface area contributed by atoms with E-state index in [1.807, 2.05) is 32.8 Å². The predicted molar refractivity (Wildman–Crippen MR) is 255 cm³/mol. The third kappa shape index (κ3) is 14.5. The first-order chi connectivity index (χ1) is 32.7. The lowest BCUT2D eigenvalue weighted by atomic mass is 9.78. The molecule has 22 nitrogen and oxygen atoms in total. The fourth-order valence-corrected chi connectivity index (χ4v) is 10.1. The number of anilines is 1. The Morgan fingerprint density at radius 1 is 0.957 bits per heavy atom. The SMILES string of the molecule is CC[C@H]1OC(=O)[C@H](C)[C@@H](O[C@H]2C[C@@](C)(OC)[C@@H](OC(=O)CCNCCNc3cncc([N+](=O)[O-])c3)[C@H](C)O2)[C@H](C)[C@@H](O[C@@H]2O[C@H](C)C[C@H](N(C)C)[C@H]2O)[C@](C)(OC)C[C@@H](C)NC(=O)[C@H](C)[C@@H](O)[C@]1(C)O. The monoisotopic (exact) mass is 999 g/mol. The van der Waals surface area contributed by atoms with Crippen LogP contribution in [0.5, 0.6) is 0 Å². The second-order valence-corrected chi connectivity index (χ2v) is 20.3. The number of rotatable bonds is 17. The van der Waals surface area contributed by atoms with Crippen LogP contribution in [-0.2, 0) is 52.3 Å². The third-order valence-corrected chi connectivity index (χ3v) is 14.4. The lowest BCUT2D eigenvalue weighted by Crippen LogP contribution is -2.61. The van der Waals surface area contributed by atoms with Crippen LogP contribution >= 0.6 is 0 Å². The number of likely N-dealkylation sites (N-methyl/N-ethyl adjacent to an activating group) is 1.